The van der Waals surface area contributed by atoms with Gasteiger partial charge in [-0.1, -0.05) is 37.8 Å². The first kappa shape index (κ1) is 19.4. The normalized spacial score (nSPS) is 23.0. The first-order valence-electron chi connectivity index (χ1n) is 10.4. The van der Waals surface area contributed by atoms with Gasteiger partial charge in [0.15, 0.2) is 5.84 Å². The van der Waals surface area contributed by atoms with Gasteiger partial charge < -0.3 is 9.80 Å². The van der Waals surface area contributed by atoms with Crippen LogP contribution in [-0.2, 0) is 14.8 Å². The van der Waals surface area contributed by atoms with Crippen molar-refractivity contribution in [2.24, 2.45) is 10.3 Å². The highest BCUT2D eigenvalue weighted by Crippen LogP contribution is 2.30. The maximum Gasteiger partial charge on any atom is 0.285 e. The van der Waals surface area contributed by atoms with Crippen molar-refractivity contribution in [1.29, 1.82) is 0 Å². The fraction of sp³-hybridized carbons (Fsp3) is 0.619. The molecule has 1 aromatic carbocycles. The van der Waals surface area contributed by atoms with Gasteiger partial charge in [-0.05, 0) is 37.8 Å². The topological polar surface area (TPSA) is 70.1 Å². The van der Waals surface area contributed by atoms with Crippen LogP contribution in [0.3, 0.4) is 0 Å². The second-order valence-electron chi connectivity index (χ2n) is 8.24. The third-order valence-corrected chi connectivity index (χ3v) is 7.80. The summed E-state index contributed by atoms with van der Waals surface area (Å²) in [5.41, 5.74) is 0.683. The summed E-state index contributed by atoms with van der Waals surface area (Å²) in [5, 5.41) is 0. The fourth-order valence-corrected chi connectivity index (χ4v) is 6.00. The summed E-state index contributed by atoms with van der Waals surface area (Å²) in [6, 6.07) is 7.37. The van der Waals surface area contributed by atoms with Crippen LogP contribution in [0.1, 0.15) is 56.9 Å². The summed E-state index contributed by atoms with van der Waals surface area (Å²) in [7, 11) is -1.63. The average Bonchev–Trinajstić information content (AvgIpc) is 2.87. The van der Waals surface area contributed by atoms with Crippen molar-refractivity contribution >= 4 is 21.8 Å². The van der Waals surface area contributed by atoms with E-state index in [2.05, 4.69) is 4.40 Å². The minimum absolute atomic E-state index is 0.0263. The minimum Gasteiger partial charge on any atom is -0.355 e. The van der Waals surface area contributed by atoms with Crippen LogP contribution in [0.15, 0.2) is 33.6 Å². The van der Waals surface area contributed by atoms with Crippen LogP contribution in [0.2, 0.25) is 0 Å². The van der Waals surface area contributed by atoms with Crippen molar-refractivity contribution in [2.75, 3.05) is 20.1 Å². The number of amidine groups is 1. The van der Waals surface area contributed by atoms with Crippen molar-refractivity contribution in [3.8, 4) is 0 Å². The van der Waals surface area contributed by atoms with Crippen molar-refractivity contribution in [3.05, 3.63) is 29.8 Å². The number of benzene rings is 1. The molecule has 7 heteroatoms. The Morgan fingerprint density at radius 1 is 1.04 bits per heavy atom. The van der Waals surface area contributed by atoms with Crippen LogP contribution in [0.5, 0.6) is 0 Å². The van der Waals surface area contributed by atoms with Gasteiger partial charge in [0.2, 0.25) is 5.91 Å². The van der Waals surface area contributed by atoms with Gasteiger partial charge in [0.05, 0.1) is 0 Å². The second-order valence-corrected chi connectivity index (χ2v) is 9.81. The number of fused-ring (bicyclic) bond motifs is 1. The van der Waals surface area contributed by atoms with E-state index in [1.165, 1.54) is 25.7 Å². The Bertz CT molecular complexity index is 865. The van der Waals surface area contributed by atoms with Gasteiger partial charge >= 0.3 is 0 Å². The van der Waals surface area contributed by atoms with E-state index in [-0.39, 0.29) is 16.7 Å². The standard InChI is InChI=1S/C21H29N3O3S/c1-23(17-8-4-2-3-5-9-17)21(25)16-12-14-24(15-13-16)20-18-10-6-7-11-19(18)28(26,27)22-20/h6-7,10-11,16-17H,2-5,8-9,12-15H2,1H3. The largest absolute Gasteiger partial charge is 0.355 e. The Balaban J connectivity index is 1.40. The van der Waals surface area contributed by atoms with Crippen LogP contribution in [0.25, 0.3) is 0 Å². The zero-order valence-corrected chi connectivity index (χ0v) is 17.3. The summed E-state index contributed by atoms with van der Waals surface area (Å²) in [5.74, 6) is 0.824. The highest BCUT2D eigenvalue weighted by molar-refractivity contribution is 7.90. The average molecular weight is 404 g/mol. The molecule has 1 amide bonds. The van der Waals surface area contributed by atoms with E-state index in [1.54, 1.807) is 12.1 Å². The molecule has 6 nitrogen and oxygen atoms in total. The van der Waals surface area contributed by atoms with E-state index < -0.39 is 10.0 Å². The molecular weight excluding hydrogens is 374 g/mol. The predicted molar refractivity (Wildman–Crippen MR) is 109 cm³/mol. The van der Waals surface area contributed by atoms with Gasteiger partial charge in [-0.3, -0.25) is 4.79 Å². The number of sulfonamides is 1. The van der Waals surface area contributed by atoms with Gasteiger partial charge in [-0.15, -0.1) is 4.40 Å². The Morgan fingerprint density at radius 2 is 1.68 bits per heavy atom. The lowest BCUT2D eigenvalue weighted by atomic mass is 9.93. The molecule has 152 valence electrons. The summed E-state index contributed by atoms with van der Waals surface area (Å²) < 4.78 is 28.6. The molecule has 0 spiro atoms. The monoisotopic (exact) mass is 403 g/mol. The smallest absolute Gasteiger partial charge is 0.285 e. The molecule has 2 fully saturated rings. The number of piperidine rings is 1. The quantitative estimate of drug-likeness (QED) is 0.712. The molecular formula is C21H29N3O3S. The number of carbonyl (C=O) groups excluding carboxylic acids is 1. The molecule has 0 N–H and O–H groups in total. The maximum absolute atomic E-state index is 13.0. The first-order chi connectivity index (χ1) is 13.5. The van der Waals surface area contributed by atoms with Crippen LogP contribution in [0, 0.1) is 5.92 Å². The summed E-state index contributed by atoms with van der Waals surface area (Å²) in [4.78, 5) is 17.3. The maximum atomic E-state index is 13.0. The summed E-state index contributed by atoms with van der Waals surface area (Å²) in [6.45, 7) is 1.33. The number of likely N-dealkylation sites (tertiary alicyclic amines) is 1. The molecule has 0 unspecified atom stereocenters. The van der Waals surface area contributed by atoms with Crippen molar-refractivity contribution in [1.82, 2.24) is 9.80 Å². The fourth-order valence-electron chi connectivity index (χ4n) is 4.77. The van der Waals surface area contributed by atoms with Crippen LogP contribution >= 0.6 is 0 Å². The number of carbonyl (C=O) groups is 1. The van der Waals surface area contributed by atoms with Gasteiger partial charge in [-0.25, -0.2) is 0 Å². The van der Waals surface area contributed by atoms with Gasteiger partial charge in [0, 0.05) is 37.7 Å². The van der Waals surface area contributed by atoms with Crippen molar-refractivity contribution in [2.45, 2.75) is 62.3 Å². The van der Waals surface area contributed by atoms with E-state index in [0.717, 1.165) is 25.7 Å². The highest BCUT2D eigenvalue weighted by Gasteiger charge is 2.35. The van der Waals surface area contributed by atoms with Crippen LogP contribution < -0.4 is 0 Å². The number of rotatable bonds is 2. The molecule has 2 aliphatic heterocycles. The molecule has 1 saturated heterocycles. The van der Waals surface area contributed by atoms with Gasteiger partial charge in [0.25, 0.3) is 10.0 Å². The van der Waals surface area contributed by atoms with E-state index in [0.29, 0.717) is 30.5 Å². The van der Waals surface area contributed by atoms with Crippen LogP contribution in [-0.4, -0.2) is 56.1 Å². The zero-order valence-electron chi connectivity index (χ0n) is 16.5. The Kier molecular flexibility index (Phi) is 5.45. The second kappa shape index (κ2) is 7.85. The Hall–Kier alpha value is -1.89. The number of hydrogen-bond donors (Lipinski definition) is 0. The van der Waals surface area contributed by atoms with E-state index in [4.69, 9.17) is 0 Å². The highest BCUT2D eigenvalue weighted by atomic mass is 32.2. The molecule has 4 rings (SSSR count). The zero-order chi connectivity index (χ0) is 19.7. The van der Waals surface area contributed by atoms with Crippen molar-refractivity contribution < 1.29 is 13.2 Å². The molecule has 1 saturated carbocycles. The SMILES string of the molecule is CN(C(=O)C1CCN(C2=NS(=O)(=O)c3ccccc32)CC1)C1CCCCCC1. The molecule has 1 aliphatic carbocycles. The Labute approximate surface area is 167 Å². The molecule has 0 atom stereocenters. The molecule has 28 heavy (non-hydrogen) atoms. The lowest BCUT2D eigenvalue weighted by Crippen LogP contribution is -2.46. The van der Waals surface area contributed by atoms with E-state index >= 15 is 0 Å². The molecule has 1 aromatic rings. The molecule has 0 bridgehead atoms. The van der Waals surface area contributed by atoms with Crippen LogP contribution in [0.4, 0.5) is 0 Å². The van der Waals surface area contributed by atoms with Gasteiger partial charge in [-0.2, -0.15) is 8.42 Å². The minimum atomic E-state index is -3.59. The lowest BCUT2D eigenvalue weighted by Gasteiger charge is -2.36. The third-order valence-electron chi connectivity index (χ3n) is 6.48. The van der Waals surface area contributed by atoms with Gasteiger partial charge in [0.1, 0.15) is 4.90 Å². The Morgan fingerprint density at radius 3 is 2.36 bits per heavy atom. The van der Waals surface area contributed by atoms with E-state index in [9.17, 15) is 13.2 Å². The number of hydrogen-bond acceptors (Lipinski definition) is 4. The third kappa shape index (κ3) is 3.69. The lowest BCUT2D eigenvalue weighted by molar-refractivity contribution is -0.137. The summed E-state index contributed by atoms with van der Waals surface area (Å²) >= 11 is 0. The first-order valence-corrected chi connectivity index (χ1v) is 11.9. The molecule has 0 aromatic heterocycles. The molecule has 3 aliphatic rings. The van der Waals surface area contributed by atoms with E-state index in [1.807, 2.05) is 29.0 Å². The number of amides is 1. The summed E-state index contributed by atoms with van der Waals surface area (Å²) in [6.07, 6.45) is 8.73. The van der Waals surface area contributed by atoms with Crippen molar-refractivity contribution in [3.63, 3.8) is 0 Å². The molecule has 2 heterocycles. The number of nitrogens with zero attached hydrogens (tertiary/aromatic N) is 3. The molecule has 0 radical (unpaired) electrons. The predicted octanol–water partition coefficient (Wildman–Crippen LogP) is 3.03.